The van der Waals surface area contributed by atoms with Crippen molar-refractivity contribution in [3.8, 4) is 0 Å². The fourth-order valence-corrected chi connectivity index (χ4v) is 2.98. The fraction of sp³-hybridized carbons (Fsp3) is 0.467. The van der Waals surface area contributed by atoms with E-state index < -0.39 is 0 Å². The Morgan fingerprint density at radius 1 is 1.21 bits per heavy atom. The third kappa shape index (κ3) is 2.16. The number of aromatic nitrogens is 3. The highest BCUT2D eigenvalue weighted by Gasteiger charge is 2.27. The first kappa shape index (κ1) is 12.4. The molecule has 0 atom stereocenters. The molecule has 0 saturated heterocycles. The van der Waals surface area contributed by atoms with E-state index in [1.54, 1.807) is 0 Å². The highest BCUT2D eigenvalue weighted by atomic mass is 16.3. The van der Waals surface area contributed by atoms with Crippen LogP contribution in [0.1, 0.15) is 42.0 Å². The Balaban J connectivity index is 1.90. The van der Waals surface area contributed by atoms with E-state index in [9.17, 15) is 5.11 Å². The van der Waals surface area contributed by atoms with Gasteiger partial charge in [-0.15, -0.1) is 10.2 Å². The van der Waals surface area contributed by atoms with Gasteiger partial charge in [0.05, 0.1) is 0 Å². The van der Waals surface area contributed by atoms with Gasteiger partial charge in [-0.05, 0) is 30.4 Å². The summed E-state index contributed by atoms with van der Waals surface area (Å²) < 4.78 is 2.09. The first-order chi connectivity index (χ1) is 9.33. The summed E-state index contributed by atoms with van der Waals surface area (Å²) in [7, 11) is 0. The Hall–Kier alpha value is -1.68. The molecule has 1 aromatic heterocycles. The Morgan fingerprint density at radius 3 is 2.47 bits per heavy atom. The molecule has 0 aliphatic heterocycles. The molecule has 1 aliphatic carbocycles. The molecule has 4 heteroatoms. The lowest BCUT2D eigenvalue weighted by Gasteiger charge is -2.12. The van der Waals surface area contributed by atoms with Crippen molar-refractivity contribution in [2.75, 3.05) is 0 Å². The smallest absolute Gasteiger partial charge is 0.158 e. The van der Waals surface area contributed by atoms with Crippen LogP contribution in [0.25, 0.3) is 0 Å². The Kier molecular flexibility index (Phi) is 3.34. The first-order valence-electron chi connectivity index (χ1n) is 6.93. The quantitative estimate of drug-likeness (QED) is 0.912. The summed E-state index contributed by atoms with van der Waals surface area (Å²) >= 11 is 0. The van der Waals surface area contributed by atoms with E-state index in [-0.39, 0.29) is 6.61 Å². The molecule has 0 spiro atoms. The van der Waals surface area contributed by atoms with Crippen molar-refractivity contribution in [1.29, 1.82) is 0 Å². The molecule has 0 saturated carbocycles. The molecule has 0 bridgehead atoms. The number of aliphatic hydroxyl groups is 1. The van der Waals surface area contributed by atoms with E-state index in [4.69, 9.17) is 0 Å². The van der Waals surface area contributed by atoms with Gasteiger partial charge in [0.2, 0.25) is 0 Å². The van der Waals surface area contributed by atoms with Crippen LogP contribution in [0.15, 0.2) is 24.3 Å². The number of aliphatic hydroxyl groups excluding tert-OH is 1. The molecule has 0 radical (unpaired) electrons. The van der Waals surface area contributed by atoms with Crippen molar-refractivity contribution in [1.82, 2.24) is 14.8 Å². The minimum absolute atomic E-state index is 0.0351. The Morgan fingerprint density at radius 2 is 1.89 bits per heavy atom. The number of rotatable bonds is 4. The second-order valence-electron chi connectivity index (χ2n) is 5.16. The normalized spacial score (nSPS) is 14.8. The molecule has 1 aromatic carbocycles. The van der Waals surface area contributed by atoms with Crippen molar-refractivity contribution in [2.45, 2.75) is 45.3 Å². The van der Waals surface area contributed by atoms with E-state index in [1.165, 1.54) is 11.1 Å². The number of nitrogens with zero attached hydrogens (tertiary/aromatic N) is 3. The summed E-state index contributed by atoms with van der Waals surface area (Å²) in [6.45, 7) is 2.98. The average molecular weight is 257 g/mol. The summed E-state index contributed by atoms with van der Waals surface area (Å²) in [6, 6.07) is 8.58. The van der Waals surface area contributed by atoms with Gasteiger partial charge in [0.1, 0.15) is 12.4 Å². The molecular weight excluding hydrogens is 238 g/mol. The van der Waals surface area contributed by atoms with Crippen LogP contribution in [-0.2, 0) is 26.0 Å². The molecule has 19 heavy (non-hydrogen) atoms. The molecule has 0 unspecified atom stereocenters. The molecule has 2 aromatic rings. The van der Waals surface area contributed by atoms with Gasteiger partial charge in [-0.1, -0.05) is 31.2 Å². The van der Waals surface area contributed by atoms with Crippen LogP contribution in [0.5, 0.6) is 0 Å². The SMILES string of the molecule is CCCn1c(CO)nnc1C1Cc2ccccc2C1. The van der Waals surface area contributed by atoms with Crippen LogP contribution in [-0.4, -0.2) is 19.9 Å². The molecule has 1 aliphatic rings. The zero-order valence-electron chi connectivity index (χ0n) is 11.2. The van der Waals surface area contributed by atoms with Gasteiger partial charge in [-0.3, -0.25) is 0 Å². The molecule has 4 nitrogen and oxygen atoms in total. The van der Waals surface area contributed by atoms with Crippen LogP contribution >= 0.6 is 0 Å². The maximum atomic E-state index is 9.35. The molecule has 1 N–H and O–H groups in total. The molecule has 3 rings (SSSR count). The zero-order chi connectivity index (χ0) is 13.2. The van der Waals surface area contributed by atoms with Crippen molar-refractivity contribution >= 4 is 0 Å². The van der Waals surface area contributed by atoms with E-state index in [1.807, 2.05) is 0 Å². The van der Waals surface area contributed by atoms with E-state index in [0.717, 1.165) is 31.6 Å². The lowest BCUT2D eigenvalue weighted by atomic mass is 10.1. The first-order valence-corrected chi connectivity index (χ1v) is 6.93. The maximum Gasteiger partial charge on any atom is 0.158 e. The van der Waals surface area contributed by atoms with E-state index in [0.29, 0.717) is 11.7 Å². The maximum absolute atomic E-state index is 9.35. The largest absolute Gasteiger partial charge is 0.388 e. The number of hydrogen-bond acceptors (Lipinski definition) is 3. The summed E-state index contributed by atoms with van der Waals surface area (Å²) in [5.74, 6) is 2.12. The lowest BCUT2D eigenvalue weighted by Crippen LogP contribution is -2.12. The fourth-order valence-electron chi connectivity index (χ4n) is 2.98. The molecule has 0 amide bonds. The molecular formula is C15H19N3O. The third-order valence-corrected chi connectivity index (χ3v) is 3.86. The Labute approximate surface area is 113 Å². The van der Waals surface area contributed by atoms with Gasteiger partial charge in [0.25, 0.3) is 0 Å². The lowest BCUT2D eigenvalue weighted by molar-refractivity contribution is 0.263. The van der Waals surface area contributed by atoms with Crippen LogP contribution in [0.2, 0.25) is 0 Å². The Bertz CT molecular complexity index is 552. The molecule has 1 heterocycles. The second-order valence-corrected chi connectivity index (χ2v) is 5.16. The van der Waals surface area contributed by atoms with E-state index in [2.05, 4.69) is 46.0 Å². The van der Waals surface area contributed by atoms with Crippen molar-refractivity contribution in [3.05, 3.63) is 47.0 Å². The van der Waals surface area contributed by atoms with Crippen LogP contribution < -0.4 is 0 Å². The van der Waals surface area contributed by atoms with E-state index >= 15 is 0 Å². The average Bonchev–Trinajstić information content (AvgIpc) is 3.01. The van der Waals surface area contributed by atoms with Crippen molar-refractivity contribution < 1.29 is 5.11 Å². The monoisotopic (exact) mass is 257 g/mol. The number of fused-ring (bicyclic) bond motifs is 1. The number of hydrogen-bond donors (Lipinski definition) is 1. The van der Waals surface area contributed by atoms with Gasteiger partial charge in [0.15, 0.2) is 5.82 Å². The van der Waals surface area contributed by atoms with Gasteiger partial charge < -0.3 is 9.67 Å². The van der Waals surface area contributed by atoms with Gasteiger partial charge >= 0.3 is 0 Å². The highest BCUT2D eigenvalue weighted by Crippen LogP contribution is 2.33. The van der Waals surface area contributed by atoms with Crippen LogP contribution in [0, 0.1) is 0 Å². The second kappa shape index (κ2) is 5.13. The van der Waals surface area contributed by atoms with Gasteiger partial charge in [-0.25, -0.2) is 0 Å². The summed E-state index contributed by atoms with van der Waals surface area (Å²) in [4.78, 5) is 0. The highest BCUT2D eigenvalue weighted by molar-refractivity contribution is 5.35. The minimum atomic E-state index is -0.0351. The third-order valence-electron chi connectivity index (χ3n) is 3.86. The van der Waals surface area contributed by atoms with Crippen molar-refractivity contribution in [2.24, 2.45) is 0 Å². The standard InChI is InChI=1S/C15H19N3O/c1-2-7-18-14(10-19)16-17-15(18)13-8-11-5-3-4-6-12(11)9-13/h3-6,13,19H,2,7-10H2,1H3. The molecule has 0 fully saturated rings. The van der Waals surface area contributed by atoms with Crippen molar-refractivity contribution in [3.63, 3.8) is 0 Å². The van der Waals surface area contributed by atoms with Gasteiger partial charge in [-0.2, -0.15) is 0 Å². The molecule has 100 valence electrons. The summed E-state index contributed by atoms with van der Waals surface area (Å²) in [5, 5.41) is 17.8. The number of benzene rings is 1. The minimum Gasteiger partial charge on any atom is -0.388 e. The summed E-state index contributed by atoms with van der Waals surface area (Å²) in [6.07, 6.45) is 3.09. The van der Waals surface area contributed by atoms with Crippen LogP contribution in [0.3, 0.4) is 0 Å². The predicted molar refractivity (Wildman–Crippen MR) is 72.8 cm³/mol. The zero-order valence-corrected chi connectivity index (χ0v) is 11.2. The topological polar surface area (TPSA) is 50.9 Å². The predicted octanol–water partition coefficient (Wildman–Crippen LogP) is 2.06. The van der Waals surface area contributed by atoms with Crippen LogP contribution in [0.4, 0.5) is 0 Å². The van der Waals surface area contributed by atoms with Gasteiger partial charge in [0, 0.05) is 12.5 Å². The summed E-state index contributed by atoms with van der Waals surface area (Å²) in [5.41, 5.74) is 2.84.